The number of hydrogen-bond donors (Lipinski definition) is 0. The Hall–Kier alpha value is -1.62. The van der Waals surface area contributed by atoms with E-state index in [4.69, 9.17) is 0 Å². The van der Waals surface area contributed by atoms with Crippen LogP contribution < -0.4 is 4.90 Å². The zero-order valence-electron chi connectivity index (χ0n) is 12.0. The van der Waals surface area contributed by atoms with Gasteiger partial charge in [-0.3, -0.25) is 9.69 Å². The number of rotatable bonds is 3. The van der Waals surface area contributed by atoms with Gasteiger partial charge in [-0.2, -0.15) is 0 Å². The van der Waals surface area contributed by atoms with Crippen LogP contribution in [-0.4, -0.2) is 67.0 Å². The minimum absolute atomic E-state index is 0.294. The molecule has 108 valence electrons. The smallest absolute Gasteiger partial charge is 0.222 e. The van der Waals surface area contributed by atoms with Crippen LogP contribution in [0.4, 0.5) is 5.82 Å². The van der Waals surface area contributed by atoms with Gasteiger partial charge >= 0.3 is 0 Å². The molecule has 20 heavy (non-hydrogen) atoms. The van der Waals surface area contributed by atoms with Gasteiger partial charge in [0.2, 0.25) is 5.91 Å². The van der Waals surface area contributed by atoms with Crippen molar-refractivity contribution in [2.45, 2.75) is 6.42 Å². The van der Waals surface area contributed by atoms with E-state index in [1.165, 1.54) is 0 Å². The van der Waals surface area contributed by atoms with E-state index in [0.717, 1.165) is 51.5 Å². The first-order valence-corrected chi connectivity index (χ1v) is 7.34. The lowest BCUT2D eigenvalue weighted by Gasteiger charge is -2.36. The molecule has 2 saturated heterocycles. The number of nitrogens with zero attached hydrogens (tertiary/aromatic N) is 4. The molecule has 0 aromatic carbocycles. The highest BCUT2D eigenvalue weighted by molar-refractivity contribution is 5.78. The Balaban J connectivity index is 1.48. The second kappa shape index (κ2) is 5.79. The molecule has 0 spiro atoms. The van der Waals surface area contributed by atoms with Crippen molar-refractivity contribution in [3.63, 3.8) is 0 Å². The van der Waals surface area contributed by atoms with Crippen LogP contribution in [0.5, 0.6) is 0 Å². The number of piperazine rings is 1. The van der Waals surface area contributed by atoms with E-state index in [1.807, 2.05) is 30.3 Å². The van der Waals surface area contributed by atoms with Crippen LogP contribution in [0.25, 0.3) is 0 Å². The summed E-state index contributed by atoms with van der Waals surface area (Å²) in [5, 5.41) is 0. The number of carbonyl (C=O) groups excluding carboxylic acids is 1. The average Bonchev–Trinajstić information content (AvgIpc) is 2.79. The third-order valence-electron chi connectivity index (χ3n) is 4.28. The number of pyridine rings is 1. The Bertz CT molecular complexity index is 456. The molecule has 2 aliphatic heterocycles. The first-order valence-electron chi connectivity index (χ1n) is 7.34. The van der Waals surface area contributed by atoms with E-state index >= 15 is 0 Å². The van der Waals surface area contributed by atoms with E-state index in [-0.39, 0.29) is 0 Å². The van der Waals surface area contributed by atoms with Gasteiger partial charge in [0.25, 0.3) is 0 Å². The minimum Gasteiger partial charge on any atom is -0.354 e. The highest BCUT2D eigenvalue weighted by Crippen LogP contribution is 2.19. The number of amides is 1. The third-order valence-corrected chi connectivity index (χ3v) is 4.28. The summed E-state index contributed by atoms with van der Waals surface area (Å²) in [6.07, 6.45) is 2.57. The van der Waals surface area contributed by atoms with Gasteiger partial charge in [0.1, 0.15) is 5.82 Å². The average molecular weight is 274 g/mol. The summed E-state index contributed by atoms with van der Waals surface area (Å²) in [4.78, 5) is 22.6. The van der Waals surface area contributed by atoms with Crippen molar-refractivity contribution in [2.24, 2.45) is 5.92 Å². The first-order chi connectivity index (χ1) is 9.72. The topological polar surface area (TPSA) is 39.7 Å². The van der Waals surface area contributed by atoms with Crippen LogP contribution in [0.1, 0.15) is 6.42 Å². The number of anilines is 1. The molecule has 0 saturated carbocycles. The summed E-state index contributed by atoms with van der Waals surface area (Å²) in [6, 6.07) is 6.06. The molecule has 3 rings (SSSR count). The normalized spacial score (nSPS) is 24.4. The molecule has 0 radical (unpaired) electrons. The molecular formula is C15H22N4O. The van der Waals surface area contributed by atoms with Crippen LogP contribution in [0.3, 0.4) is 0 Å². The van der Waals surface area contributed by atoms with Gasteiger partial charge in [-0.05, 0) is 18.1 Å². The molecule has 3 heterocycles. The summed E-state index contributed by atoms with van der Waals surface area (Å²) >= 11 is 0. The molecule has 1 atom stereocenters. The maximum atomic E-state index is 11.6. The van der Waals surface area contributed by atoms with Gasteiger partial charge in [0, 0.05) is 58.9 Å². The predicted molar refractivity (Wildman–Crippen MR) is 78.6 cm³/mol. The van der Waals surface area contributed by atoms with Crippen LogP contribution in [0.15, 0.2) is 24.4 Å². The van der Waals surface area contributed by atoms with Gasteiger partial charge < -0.3 is 9.80 Å². The second-order valence-corrected chi connectivity index (χ2v) is 5.82. The molecule has 5 heteroatoms. The Morgan fingerprint density at radius 1 is 1.25 bits per heavy atom. The van der Waals surface area contributed by atoms with Crippen molar-refractivity contribution < 1.29 is 4.79 Å². The van der Waals surface area contributed by atoms with E-state index in [1.54, 1.807) is 0 Å². The molecule has 1 aromatic heterocycles. The van der Waals surface area contributed by atoms with Crippen LogP contribution in [0.2, 0.25) is 0 Å². The van der Waals surface area contributed by atoms with E-state index < -0.39 is 0 Å². The third kappa shape index (κ3) is 2.93. The van der Waals surface area contributed by atoms with Gasteiger partial charge in [-0.1, -0.05) is 6.07 Å². The van der Waals surface area contributed by atoms with E-state index in [9.17, 15) is 4.79 Å². The molecule has 1 aromatic rings. The van der Waals surface area contributed by atoms with Crippen molar-refractivity contribution in [1.29, 1.82) is 0 Å². The van der Waals surface area contributed by atoms with Crippen molar-refractivity contribution in [3.05, 3.63) is 24.4 Å². The first kappa shape index (κ1) is 13.4. The fourth-order valence-electron chi connectivity index (χ4n) is 3.14. The van der Waals surface area contributed by atoms with Gasteiger partial charge in [0.05, 0.1) is 0 Å². The van der Waals surface area contributed by atoms with Crippen LogP contribution in [-0.2, 0) is 4.79 Å². The van der Waals surface area contributed by atoms with Crippen molar-refractivity contribution in [2.75, 3.05) is 51.2 Å². The van der Waals surface area contributed by atoms with E-state index in [0.29, 0.717) is 11.8 Å². The maximum Gasteiger partial charge on any atom is 0.222 e. The van der Waals surface area contributed by atoms with Crippen molar-refractivity contribution >= 4 is 11.7 Å². The molecule has 0 N–H and O–H groups in total. The molecule has 2 fully saturated rings. The molecule has 5 nitrogen and oxygen atoms in total. The highest BCUT2D eigenvalue weighted by atomic mass is 16.2. The molecule has 1 unspecified atom stereocenters. The molecular weight excluding hydrogens is 252 g/mol. The number of carbonyl (C=O) groups is 1. The molecule has 0 bridgehead atoms. The lowest BCUT2D eigenvalue weighted by molar-refractivity contribution is -0.126. The summed E-state index contributed by atoms with van der Waals surface area (Å²) in [5.41, 5.74) is 0. The lowest BCUT2D eigenvalue weighted by atomic mass is 10.1. The number of hydrogen-bond acceptors (Lipinski definition) is 4. The van der Waals surface area contributed by atoms with E-state index in [2.05, 4.69) is 20.9 Å². The largest absolute Gasteiger partial charge is 0.354 e. The summed E-state index contributed by atoms with van der Waals surface area (Å²) in [6.45, 7) is 6.13. The number of likely N-dealkylation sites (tertiary alicyclic amines) is 1. The highest BCUT2D eigenvalue weighted by Gasteiger charge is 2.29. The number of aromatic nitrogens is 1. The zero-order valence-corrected chi connectivity index (χ0v) is 12.0. The second-order valence-electron chi connectivity index (χ2n) is 5.82. The quantitative estimate of drug-likeness (QED) is 0.813. The van der Waals surface area contributed by atoms with Gasteiger partial charge in [0.15, 0.2) is 0 Å². The summed E-state index contributed by atoms with van der Waals surface area (Å²) in [5.74, 6) is 1.87. The van der Waals surface area contributed by atoms with Crippen molar-refractivity contribution in [1.82, 2.24) is 14.8 Å². The standard InChI is InChI=1S/C15H22N4O/c1-17-11-13(10-15(17)20)12-18-6-8-19(9-7-18)14-4-2-3-5-16-14/h2-5,13H,6-12H2,1H3. The minimum atomic E-state index is 0.294. The summed E-state index contributed by atoms with van der Waals surface area (Å²) < 4.78 is 0. The fourth-order valence-corrected chi connectivity index (χ4v) is 3.14. The lowest BCUT2D eigenvalue weighted by Crippen LogP contribution is -2.48. The van der Waals surface area contributed by atoms with Crippen molar-refractivity contribution in [3.8, 4) is 0 Å². The van der Waals surface area contributed by atoms with Crippen LogP contribution >= 0.6 is 0 Å². The molecule has 2 aliphatic rings. The van der Waals surface area contributed by atoms with Crippen LogP contribution in [0, 0.1) is 5.92 Å². The Labute approximate surface area is 120 Å². The Morgan fingerprint density at radius 2 is 2.05 bits per heavy atom. The summed E-state index contributed by atoms with van der Waals surface area (Å²) in [7, 11) is 1.90. The van der Waals surface area contributed by atoms with Gasteiger partial charge in [-0.15, -0.1) is 0 Å². The fraction of sp³-hybridized carbons (Fsp3) is 0.600. The SMILES string of the molecule is CN1CC(CN2CCN(c3ccccn3)CC2)CC1=O. The van der Waals surface area contributed by atoms with Gasteiger partial charge in [-0.25, -0.2) is 4.98 Å². The Morgan fingerprint density at radius 3 is 2.65 bits per heavy atom. The Kier molecular flexibility index (Phi) is 3.87. The predicted octanol–water partition coefficient (Wildman–Crippen LogP) is 0.682. The molecule has 0 aliphatic carbocycles. The maximum absolute atomic E-state index is 11.6. The molecule has 1 amide bonds. The monoisotopic (exact) mass is 274 g/mol. The zero-order chi connectivity index (χ0) is 13.9.